The topological polar surface area (TPSA) is 164 Å². The number of nitro benzene ring substituents is 2. The van der Waals surface area contributed by atoms with E-state index in [1.165, 1.54) is 41.3 Å². The van der Waals surface area contributed by atoms with Crippen LogP contribution in [0.4, 0.5) is 11.4 Å². The van der Waals surface area contributed by atoms with Crippen LogP contribution in [0.25, 0.3) is 5.76 Å². The molecule has 31 heavy (non-hydrogen) atoms. The van der Waals surface area contributed by atoms with Crippen LogP contribution in [0, 0.1) is 20.2 Å². The van der Waals surface area contributed by atoms with Crippen molar-refractivity contribution < 1.29 is 29.6 Å². The summed E-state index contributed by atoms with van der Waals surface area (Å²) in [4.78, 5) is 47.1. The van der Waals surface area contributed by atoms with Crippen molar-refractivity contribution in [1.82, 2.24) is 4.90 Å². The van der Waals surface area contributed by atoms with Gasteiger partial charge < -0.3 is 15.1 Å². The summed E-state index contributed by atoms with van der Waals surface area (Å²) in [5.41, 5.74) is -0.201. The number of ketones is 1. The van der Waals surface area contributed by atoms with Gasteiger partial charge in [0.05, 0.1) is 21.5 Å². The lowest BCUT2D eigenvalue weighted by Crippen LogP contribution is -2.31. The molecule has 1 heterocycles. The summed E-state index contributed by atoms with van der Waals surface area (Å²) < 4.78 is 0. The SMILES string of the molecule is O=C1C(=O)N(CCCO)C(c2ccc([N+](=O)[O-])cc2)/C1=C(\O)c1ccc([N+](=O)[O-])cc1. The quantitative estimate of drug-likeness (QED) is 0.223. The van der Waals surface area contributed by atoms with Crippen molar-refractivity contribution in [3.8, 4) is 0 Å². The van der Waals surface area contributed by atoms with Gasteiger partial charge in [-0.05, 0) is 36.2 Å². The van der Waals surface area contributed by atoms with Crippen LogP contribution >= 0.6 is 0 Å². The molecular formula is C20H17N3O8. The Balaban J connectivity index is 2.13. The molecule has 1 aliphatic heterocycles. The van der Waals surface area contributed by atoms with E-state index in [4.69, 9.17) is 5.11 Å². The number of carbonyl (C=O) groups is 2. The van der Waals surface area contributed by atoms with Crippen LogP contribution < -0.4 is 0 Å². The van der Waals surface area contributed by atoms with Crippen LogP contribution in [0.3, 0.4) is 0 Å². The van der Waals surface area contributed by atoms with Gasteiger partial charge in [0.2, 0.25) is 0 Å². The molecule has 1 saturated heterocycles. The molecule has 1 atom stereocenters. The van der Waals surface area contributed by atoms with E-state index in [0.717, 1.165) is 12.1 Å². The molecule has 2 N–H and O–H groups in total. The fourth-order valence-corrected chi connectivity index (χ4v) is 3.37. The summed E-state index contributed by atoms with van der Waals surface area (Å²) in [6, 6.07) is 8.95. The molecule has 0 saturated carbocycles. The summed E-state index contributed by atoms with van der Waals surface area (Å²) in [6.07, 6.45) is 0.175. The highest BCUT2D eigenvalue weighted by atomic mass is 16.6. The summed E-state index contributed by atoms with van der Waals surface area (Å²) in [5, 5.41) is 41.7. The zero-order valence-corrected chi connectivity index (χ0v) is 16.0. The first kappa shape index (κ1) is 21.6. The number of benzene rings is 2. The summed E-state index contributed by atoms with van der Waals surface area (Å²) in [6.45, 7) is -0.224. The molecule has 2 aromatic carbocycles. The number of likely N-dealkylation sites (tertiary alicyclic amines) is 1. The summed E-state index contributed by atoms with van der Waals surface area (Å²) >= 11 is 0. The van der Waals surface area contributed by atoms with Crippen molar-refractivity contribution in [2.24, 2.45) is 0 Å². The molecule has 1 amide bonds. The molecule has 1 unspecified atom stereocenters. The number of carbonyl (C=O) groups excluding carboxylic acids is 2. The van der Waals surface area contributed by atoms with Crippen molar-refractivity contribution >= 4 is 28.8 Å². The molecule has 11 nitrogen and oxygen atoms in total. The van der Waals surface area contributed by atoms with Crippen LogP contribution in [-0.4, -0.2) is 49.8 Å². The summed E-state index contributed by atoms with van der Waals surface area (Å²) in [7, 11) is 0. The van der Waals surface area contributed by atoms with Gasteiger partial charge in [0, 0.05) is 43.0 Å². The van der Waals surface area contributed by atoms with Gasteiger partial charge in [0.1, 0.15) is 5.76 Å². The number of nitro groups is 2. The average molecular weight is 427 g/mol. The third-order valence-electron chi connectivity index (χ3n) is 4.87. The average Bonchev–Trinajstić information content (AvgIpc) is 3.02. The Kier molecular flexibility index (Phi) is 6.07. The Morgan fingerprint density at radius 1 is 0.935 bits per heavy atom. The molecule has 1 aliphatic rings. The number of nitrogens with zero attached hydrogens (tertiary/aromatic N) is 3. The fourth-order valence-electron chi connectivity index (χ4n) is 3.37. The van der Waals surface area contributed by atoms with E-state index in [1.54, 1.807) is 0 Å². The van der Waals surface area contributed by atoms with Gasteiger partial charge >= 0.3 is 0 Å². The number of aliphatic hydroxyl groups is 2. The van der Waals surface area contributed by atoms with Crippen molar-refractivity contribution in [1.29, 1.82) is 0 Å². The Morgan fingerprint density at radius 2 is 1.45 bits per heavy atom. The maximum atomic E-state index is 12.7. The number of non-ortho nitro benzene ring substituents is 2. The minimum absolute atomic E-state index is 0.0137. The standard InChI is InChI=1S/C20H17N3O8/c24-11-1-10-21-17(12-2-6-14(7-3-12)22(28)29)16(19(26)20(21)27)18(25)13-4-8-15(9-5-13)23(30)31/h2-9,17,24-25H,1,10-11H2/b18-16+. The zero-order chi connectivity index (χ0) is 22.7. The smallest absolute Gasteiger partial charge is 0.295 e. The third kappa shape index (κ3) is 4.12. The van der Waals surface area contributed by atoms with Gasteiger partial charge in [-0.3, -0.25) is 29.8 Å². The molecule has 0 spiro atoms. The van der Waals surface area contributed by atoms with Crippen molar-refractivity contribution in [3.05, 3.63) is 85.5 Å². The Labute approximate surface area is 175 Å². The van der Waals surface area contributed by atoms with E-state index in [0.29, 0.717) is 5.56 Å². The lowest BCUT2D eigenvalue weighted by Gasteiger charge is -2.25. The monoisotopic (exact) mass is 427 g/mol. The maximum Gasteiger partial charge on any atom is 0.295 e. The molecule has 1 fully saturated rings. The first-order chi connectivity index (χ1) is 14.8. The molecule has 2 aromatic rings. The normalized spacial score (nSPS) is 17.7. The van der Waals surface area contributed by atoms with Gasteiger partial charge in [-0.15, -0.1) is 0 Å². The number of hydrogen-bond acceptors (Lipinski definition) is 8. The number of hydrogen-bond donors (Lipinski definition) is 2. The molecule has 3 rings (SSSR count). The number of rotatable bonds is 7. The van der Waals surface area contributed by atoms with Crippen LogP contribution in [0.15, 0.2) is 54.1 Å². The number of Topliss-reactive ketones (excluding diaryl/α,β-unsaturated/α-hetero) is 1. The second kappa shape index (κ2) is 8.71. The van der Waals surface area contributed by atoms with Crippen molar-refractivity contribution in [2.75, 3.05) is 13.2 Å². The molecule has 0 bridgehead atoms. The molecule has 0 radical (unpaired) electrons. The highest BCUT2D eigenvalue weighted by Gasteiger charge is 2.45. The van der Waals surface area contributed by atoms with E-state index in [1.807, 2.05) is 0 Å². The molecular weight excluding hydrogens is 410 g/mol. The highest BCUT2D eigenvalue weighted by Crippen LogP contribution is 2.40. The molecule has 0 aliphatic carbocycles. The maximum absolute atomic E-state index is 12.7. The van der Waals surface area contributed by atoms with E-state index in [9.17, 15) is 34.9 Å². The van der Waals surface area contributed by atoms with Gasteiger partial charge in [0.25, 0.3) is 23.1 Å². The molecule has 0 aromatic heterocycles. The second-order valence-corrected chi connectivity index (χ2v) is 6.72. The van der Waals surface area contributed by atoms with Crippen LogP contribution in [0.5, 0.6) is 0 Å². The van der Waals surface area contributed by atoms with E-state index in [2.05, 4.69) is 0 Å². The van der Waals surface area contributed by atoms with Gasteiger partial charge in [-0.2, -0.15) is 0 Å². The fraction of sp³-hybridized carbons (Fsp3) is 0.200. The Hall–Kier alpha value is -4.12. The van der Waals surface area contributed by atoms with Gasteiger partial charge in [0.15, 0.2) is 0 Å². The lowest BCUT2D eigenvalue weighted by atomic mass is 9.95. The highest BCUT2D eigenvalue weighted by molar-refractivity contribution is 6.46. The van der Waals surface area contributed by atoms with Crippen LogP contribution in [0.1, 0.15) is 23.6 Å². The first-order valence-electron chi connectivity index (χ1n) is 9.14. The summed E-state index contributed by atoms with van der Waals surface area (Å²) in [5.74, 6) is -2.37. The Morgan fingerprint density at radius 3 is 1.94 bits per heavy atom. The van der Waals surface area contributed by atoms with Crippen LogP contribution in [-0.2, 0) is 9.59 Å². The largest absolute Gasteiger partial charge is 0.507 e. The van der Waals surface area contributed by atoms with Crippen LogP contribution in [0.2, 0.25) is 0 Å². The first-order valence-corrected chi connectivity index (χ1v) is 9.14. The third-order valence-corrected chi connectivity index (χ3v) is 4.87. The zero-order valence-electron chi connectivity index (χ0n) is 16.0. The minimum Gasteiger partial charge on any atom is -0.507 e. The molecule has 160 valence electrons. The van der Waals surface area contributed by atoms with Crippen molar-refractivity contribution in [3.63, 3.8) is 0 Å². The van der Waals surface area contributed by atoms with E-state index in [-0.39, 0.29) is 42.1 Å². The second-order valence-electron chi connectivity index (χ2n) is 6.72. The minimum atomic E-state index is -1.04. The predicted octanol–water partition coefficient (Wildman–Crippen LogP) is 2.31. The van der Waals surface area contributed by atoms with E-state index >= 15 is 0 Å². The van der Waals surface area contributed by atoms with Crippen molar-refractivity contribution in [2.45, 2.75) is 12.5 Å². The predicted molar refractivity (Wildman–Crippen MR) is 107 cm³/mol. The Bertz CT molecular complexity index is 1080. The lowest BCUT2D eigenvalue weighted by molar-refractivity contribution is -0.385. The number of aliphatic hydroxyl groups excluding tert-OH is 2. The van der Waals surface area contributed by atoms with Gasteiger partial charge in [-0.25, -0.2) is 0 Å². The van der Waals surface area contributed by atoms with Gasteiger partial charge in [-0.1, -0.05) is 0 Å². The molecule has 11 heteroatoms. The number of amides is 1. The van der Waals surface area contributed by atoms with E-state index < -0.39 is 33.3 Å².